The van der Waals surface area contributed by atoms with Gasteiger partial charge in [0.15, 0.2) is 0 Å². The summed E-state index contributed by atoms with van der Waals surface area (Å²) < 4.78 is 5.51. The Hall–Kier alpha value is -2.37. The largest absolute Gasteiger partial charge is 0.461 e. The molecular weight excluding hydrogens is 254 g/mol. The summed E-state index contributed by atoms with van der Waals surface area (Å²) in [6.07, 6.45) is 0.970. The number of fused-ring (bicyclic) bond motifs is 1. The van der Waals surface area contributed by atoms with Gasteiger partial charge in [0, 0.05) is 12.2 Å². The van der Waals surface area contributed by atoms with Gasteiger partial charge in [-0.1, -0.05) is 18.2 Å². The van der Waals surface area contributed by atoms with Crippen molar-refractivity contribution >= 4 is 17.6 Å². The Labute approximate surface area is 117 Å². The van der Waals surface area contributed by atoms with Gasteiger partial charge in [-0.25, -0.2) is 0 Å². The highest BCUT2D eigenvalue weighted by Gasteiger charge is 2.23. The van der Waals surface area contributed by atoms with Gasteiger partial charge in [0.05, 0.1) is 6.10 Å². The van der Waals surface area contributed by atoms with Gasteiger partial charge in [0.1, 0.15) is 0 Å². The maximum absolute atomic E-state index is 5.75. The Morgan fingerprint density at radius 1 is 1.20 bits per heavy atom. The van der Waals surface area contributed by atoms with Crippen molar-refractivity contribution in [2.24, 2.45) is 0 Å². The van der Waals surface area contributed by atoms with Crippen LogP contribution in [0.3, 0.4) is 0 Å². The van der Waals surface area contributed by atoms with Crippen LogP contribution in [0.2, 0.25) is 0 Å². The van der Waals surface area contributed by atoms with Gasteiger partial charge < -0.3 is 15.4 Å². The zero-order valence-electron chi connectivity index (χ0n) is 11.6. The predicted octanol–water partition coefficient (Wildman–Crippen LogP) is 1.94. The van der Waals surface area contributed by atoms with Crippen molar-refractivity contribution in [2.45, 2.75) is 26.4 Å². The quantitative estimate of drug-likeness (QED) is 0.919. The molecule has 0 spiro atoms. The lowest BCUT2D eigenvalue weighted by molar-refractivity contribution is 0.222. The van der Waals surface area contributed by atoms with Crippen molar-refractivity contribution in [1.82, 2.24) is 15.0 Å². The molecule has 20 heavy (non-hydrogen) atoms. The zero-order valence-corrected chi connectivity index (χ0v) is 11.6. The fraction of sp³-hybridized carbons (Fsp3) is 0.357. The van der Waals surface area contributed by atoms with E-state index in [2.05, 4.69) is 27.1 Å². The highest BCUT2D eigenvalue weighted by molar-refractivity contribution is 5.66. The molecule has 0 aliphatic carbocycles. The topological polar surface area (TPSA) is 77.2 Å². The average Bonchev–Trinajstić information content (AvgIpc) is 2.80. The van der Waals surface area contributed by atoms with Crippen LogP contribution in [-0.2, 0) is 6.42 Å². The van der Waals surface area contributed by atoms with Crippen LogP contribution in [0.4, 0.5) is 17.6 Å². The summed E-state index contributed by atoms with van der Waals surface area (Å²) in [7, 11) is 0. The molecule has 0 bridgehead atoms. The molecule has 0 saturated carbocycles. The van der Waals surface area contributed by atoms with Gasteiger partial charge in [-0.15, -0.1) is 0 Å². The summed E-state index contributed by atoms with van der Waals surface area (Å²) in [5, 5.41) is 0. The molecule has 0 fully saturated rings. The molecule has 6 nitrogen and oxygen atoms in total. The van der Waals surface area contributed by atoms with Gasteiger partial charge in [-0.05, 0) is 31.9 Å². The summed E-state index contributed by atoms with van der Waals surface area (Å²) >= 11 is 0. The third-order valence-corrected chi connectivity index (χ3v) is 3.09. The van der Waals surface area contributed by atoms with Crippen LogP contribution in [0.25, 0.3) is 0 Å². The van der Waals surface area contributed by atoms with Crippen LogP contribution in [-0.4, -0.2) is 27.6 Å². The highest BCUT2D eigenvalue weighted by atomic mass is 16.5. The molecule has 1 aliphatic heterocycles. The van der Waals surface area contributed by atoms with Crippen molar-refractivity contribution in [2.75, 3.05) is 17.2 Å². The SMILES string of the molecule is CC(C)Oc1nc(N)nc(N2CCc3ccccc32)n1. The normalized spacial score (nSPS) is 13.7. The van der Waals surface area contributed by atoms with Gasteiger partial charge in [0.2, 0.25) is 11.9 Å². The van der Waals surface area contributed by atoms with E-state index in [9.17, 15) is 0 Å². The maximum Gasteiger partial charge on any atom is 0.323 e. The smallest absolute Gasteiger partial charge is 0.323 e. The average molecular weight is 271 g/mol. The standard InChI is InChI=1S/C14H17N5O/c1-9(2)20-14-17-12(15)16-13(18-14)19-8-7-10-5-3-4-6-11(10)19/h3-6,9H,7-8H2,1-2H3,(H2,15,16,17,18). The molecule has 1 aromatic carbocycles. The van der Waals surface area contributed by atoms with Gasteiger partial charge in [-0.2, -0.15) is 15.0 Å². The van der Waals surface area contributed by atoms with E-state index in [1.807, 2.05) is 30.9 Å². The number of rotatable bonds is 3. The molecule has 0 saturated heterocycles. The fourth-order valence-corrected chi connectivity index (χ4v) is 2.29. The van der Waals surface area contributed by atoms with Gasteiger partial charge in [0.25, 0.3) is 0 Å². The molecule has 2 N–H and O–H groups in total. The van der Waals surface area contributed by atoms with E-state index in [4.69, 9.17) is 10.5 Å². The number of nitrogens with zero attached hydrogens (tertiary/aromatic N) is 4. The summed E-state index contributed by atoms with van der Waals surface area (Å²) in [6.45, 7) is 4.68. The van der Waals surface area contributed by atoms with Crippen molar-refractivity contribution < 1.29 is 4.74 Å². The van der Waals surface area contributed by atoms with Crippen LogP contribution < -0.4 is 15.4 Å². The number of anilines is 3. The van der Waals surface area contributed by atoms with E-state index >= 15 is 0 Å². The number of benzene rings is 1. The molecule has 2 aromatic rings. The molecule has 104 valence electrons. The number of nitrogen functional groups attached to an aromatic ring is 1. The first kappa shape index (κ1) is 12.7. The number of ether oxygens (including phenoxy) is 1. The molecule has 0 radical (unpaired) electrons. The molecule has 1 aromatic heterocycles. The fourth-order valence-electron chi connectivity index (χ4n) is 2.29. The maximum atomic E-state index is 5.75. The molecule has 0 unspecified atom stereocenters. The van der Waals surface area contributed by atoms with E-state index in [1.165, 1.54) is 5.56 Å². The molecular formula is C14H17N5O. The van der Waals surface area contributed by atoms with E-state index < -0.39 is 0 Å². The first-order valence-electron chi connectivity index (χ1n) is 6.67. The Balaban J connectivity index is 1.97. The zero-order chi connectivity index (χ0) is 14.1. The van der Waals surface area contributed by atoms with Crippen LogP contribution in [0.1, 0.15) is 19.4 Å². The Morgan fingerprint density at radius 2 is 2.00 bits per heavy atom. The molecule has 3 rings (SSSR count). The summed E-state index contributed by atoms with van der Waals surface area (Å²) in [5.41, 5.74) is 8.16. The predicted molar refractivity (Wildman–Crippen MR) is 77.2 cm³/mol. The number of nitrogens with two attached hydrogens (primary N) is 1. The lowest BCUT2D eigenvalue weighted by atomic mass is 10.2. The Morgan fingerprint density at radius 3 is 2.80 bits per heavy atom. The Kier molecular flexibility index (Phi) is 3.14. The van der Waals surface area contributed by atoms with E-state index in [0.717, 1.165) is 18.7 Å². The monoisotopic (exact) mass is 271 g/mol. The first-order chi connectivity index (χ1) is 9.63. The van der Waals surface area contributed by atoms with Gasteiger partial charge >= 0.3 is 6.01 Å². The number of hydrogen-bond donors (Lipinski definition) is 1. The highest BCUT2D eigenvalue weighted by Crippen LogP contribution is 2.32. The van der Waals surface area contributed by atoms with Gasteiger partial charge in [-0.3, -0.25) is 0 Å². The van der Waals surface area contributed by atoms with E-state index in [1.54, 1.807) is 0 Å². The number of para-hydroxylation sites is 1. The lowest BCUT2D eigenvalue weighted by Gasteiger charge is -2.18. The van der Waals surface area contributed by atoms with Crippen molar-refractivity contribution in [3.05, 3.63) is 29.8 Å². The minimum Gasteiger partial charge on any atom is -0.461 e. The summed E-state index contributed by atoms with van der Waals surface area (Å²) in [4.78, 5) is 14.6. The van der Waals surface area contributed by atoms with Crippen molar-refractivity contribution in [3.63, 3.8) is 0 Å². The van der Waals surface area contributed by atoms with Crippen LogP contribution in [0, 0.1) is 0 Å². The first-order valence-corrected chi connectivity index (χ1v) is 6.67. The number of hydrogen-bond acceptors (Lipinski definition) is 6. The van der Waals surface area contributed by atoms with Crippen LogP contribution in [0.5, 0.6) is 6.01 Å². The van der Waals surface area contributed by atoms with Crippen LogP contribution >= 0.6 is 0 Å². The Bertz CT molecular complexity index is 629. The van der Waals surface area contributed by atoms with E-state index in [-0.39, 0.29) is 18.1 Å². The molecule has 0 atom stereocenters. The third kappa shape index (κ3) is 2.36. The lowest BCUT2D eigenvalue weighted by Crippen LogP contribution is -2.19. The van der Waals surface area contributed by atoms with E-state index in [0.29, 0.717) is 5.95 Å². The second kappa shape index (κ2) is 4.96. The summed E-state index contributed by atoms with van der Waals surface area (Å²) in [6, 6.07) is 8.49. The van der Waals surface area contributed by atoms with Crippen molar-refractivity contribution in [1.29, 1.82) is 0 Å². The van der Waals surface area contributed by atoms with Crippen LogP contribution in [0.15, 0.2) is 24.3 Å². The number of aromatic nitrogens is 3. The second-order valence-electron chi connectivity index (χ2n) is 4.97. The van der Waals surface area contributed by atoms with Crippen molar-refractivity contribution in [3.8, 4) is 6.01 Å². The minimum atomic E-state index is -0.00415. The second-order valence-corrected chi connectivity index (χ2v) is 4.97. The molecule has 1 aliphatic rings. The molecule has 6 heteroatoms. The minimum absolute atomic E-state index is 0.00415. The third-order valence-electron chi connectivity index (χ3n) is 3.09. The molecule has 2 heterocycles. The molecule has 0 amide bonds. The summed E-state index contributed by atoms with van der Waals surface area (Å²) in [5.74, 6) is 0.716.